The zero-order valence-corrected chi connectivity index (χ0v) is 19.6. The number of hydrogen-bond donors (Lipinski definition) is 0. The van der Waals surface area contributed by atoms with Gasteiger partial charge in [0.2, 0.25) is 0 Å². The Labute approximate surface area is 204 Å². The number of rotatable bonds is 3. The highest BCUT2D eigenvalue weighted by Crippen LogP contribution is 2.43. The molecule has 0 N–H and O–H groups in total. The zero-order valence-electron chi connectivity index (χ0n) is 18.8. The normalized spacial score (nSPS) is 12.6. The second kappa shape index (κ2) is 7.93. The van der Waals surface area contributed by atoms with Crippen molar-refractivity contribution in [1.82, 2.24) is 0 Å². The van der Waals surface area contributed by atoms with E-state index in [0.29, 0.717) is 0 Å². The Kier molecular flexibility index (Phi) is 4.58. The van der Waals surface area contributed by atoms with Gasteiger partial charge in [-0.25, -0.2) is 4.21 Å². The van der Waals surface area contributed by atoms with Crippen LogP contribution in [0, 0.1) is 0 Å². The maximum absolute atomic E-state index is 13.0. The highest BCUT2D eigenvalue weighted by Gasteiger charge is 2.18. The van der Waals surface area contributed by atoms with Gasteiger partial charge < -0.3 is 4.42 Å². The van der Waals surface area contributed by atoms with Crippen molar-refractivity contribution in [2.24, 2.45) is 0 Å². The van der Waals surface area contributed by atoms with Crippen molar-refractivity contribution >= 4 is 54.3 Å². The summed E-state index contributed by atoms with van der Waals surface area (Å²) in [6.07, 6.45) is 0. The van der Waals surface area contributed by atoms with Gasteiger partial charge in [0.15, 0.2) is 0 Å². The second-order valence-electron chi connectivity index (χ2n) is 8.72. The molecule has 0 spiro atoms. The van der Waals surface area contributed by atoms with Crippen molar-refractivity contribution in [2.75, 3.05) is 0 Å². The minimum atomic E-state index is -1.21. The van der Waals surface area contributed by atoms with Crippen molar-refractivity contribution in [3.8, 4) is 11.1 Å². The third kappa shape index (κ3) is 3.20. The lowest BCUT2D eigenvalue weighted by Gasteiger charge is -2.09. The van der Waals surface area contributed by atoms with Crippen LogP contribution in [0.3, 0.4) is 0 Å². The summed E-state index contributed by atoms with van der Waals surface area (Å²) < 4.78 is 19.6. The van der Waals surface area contributed by atoms with E-state index in [-0.39, 0.29) is 0 Å². The molecule has 0 bridgehead atoms. The summed E-state index contributed by atoms with van der Waals surface area (Å²) in [6.45, 7) is 0. The van der Waals surface area contributed by atoms with Crippen LogP contribution in [0.25, 0.3) is 54.6 Å². The highest BCUT2D eigenvalue weighted by molar-refractivity contribution is 7.85. The predicted octanol–water partition coefficient (Wildman–Crippen LogP) is 8.73. The van der Waals surface area contributed by atoms with Crippen molar-refractivity contribution in [1.29, 1.82) is 0 Å². The van der Waals surface area contributed by atoms with Gasteiger partial charge in [-0.1, -0.05) is 84.9 Å². The molecular formula is C32H20O2S. The van der Waals surface area contributed by atoms with E-state index < -0.39 is 10.8 Å². The van der Waals surface area contributed by atoms with E-state index in [4.69, 9.17) is 4.42 Å². The van der Waals surface area contributed by atoms with Crippen LogP contribution < -0.4 is 0 Å². The lowest BCUT2D eigenvalue weighted by Crippen LogP contribution is -1.92. The summed E-state index contributed by atoms with van der Waals surface area (Å²) in [5.41, 5.74) is 3.85. The number of fused-ring (bicyclic) bond motifs is 7. The van der Waals surface area contributed by atoms with Crippen LogP contribution in [0.4, 0.5) is 0 Å². The van der Waals surface area contributed by atoms with Crippen LogP contribution in [-0.4, -0.2) is 4.21 Å². The number of furan rings is 1. The molecule has 0 saturated carbocycles. The van der Waals surface area contributed by atoms with Gasteiger partial charge in [-0.2, -0.15) is 0 Å². The van der Waals surface area contributed by atoms with E-state index in [0.717, 1.165) is 42.9 Å². The van der Waals surface area contributed by atoms with E-state index in [2.05, 4.69) is 66.7 Å². The summed E-state index contributed by atoms with van der Waals surface area (Å²) in [5, 5.41) is 7.04. The zero-order chi connectivity index (χ0) is 23.4. The summed E-state index contributed by atoms with van der Waals surface area (Å²) in [4.78, 5) is 1.59. The Morgan fingerprint density at radius 2 is 1.17 bits per heavy atom. The average Bonchev–Trinajstić information content (AvgIpc) is 3.33. The fourth-order valence-corrected chi connectivity index (χ4v) is 6.10. The van der Waals surface area contributed by atoms with E-state index in [1.54, 1.807) is 0 Å². The monoisotopic (exact) mass is 468 g/mol. The topological polar surface area (TPSA) is 30.2 Å². The van der Waals surface area contributed by atoms with Gasteiger partial charge in [0.25, 0.3) is 0 Å². The highest BCUT2D eigenvalue weighted by atomic mass is 32.2. The summed E-state index contributed by atoms with van der Waals surface area (Å²) in [6, 6.07) is 40.9. The van der Waals surface area contributed by atoms with E-state index in [1.807, 2.05) is 54.6 Å². The Bertz CT molecular complexity index is 1900. The minimum Gasteiger partial charge on any atom is -0.455 e. The Morgan fingerprint density at radius 3 is 1.94 bits per heavy atom. The fourth-order valence-electron chi connectivity index (χ4n) is 5.04. The van der Waals surface area contributed by atoms with Crippen molar-refractivity contribution < 1.29 is 8.63 Å². The first-order valence-corrected chi connectivity index (χ1v) is 12.8. The van der Waals surface area contributed by atoms with Gasteiger partial charge in [-0.05, 0) is 63.5 Å². The molecule has 0 saturated heterocycles. The SMILES string of the molecule is O=S(c1ccccc1)c1ccc(-c2cc3ccccc3c3c2oc2ccc4ccccc4c23)cc1. The first-order chi connectivity index (χ1) is 17.3. The molecule has 1 atom stereocenters. The quantitative estimate of drug-likeness (QED) is 0.259. The molecule has 1 unspecified atom stereocenters. The third-order valence-electron chi connectivity index (χ3n) is 6.69. The van der Waals surface area contributed by atoms with Crippen molar-refractivity contribution in [2.45, 2.75) is 9.79 Å². The van der Waals surface area contributed by atoms with Crippen molar-refractivity contribution in [3.05, 3.63) is 121 Å². The lowest BCUT2D eigenvalue weighted by molar-refractivity contribution is 0.670. The largest absolute Gasteiger partial charge is 0.455 e. The number of hydrogen-bond acceptors (Lipinski definition) is 2. The Hall–Kier alpha value is -4.21. The summed E-state index contributed by atoms with van der Waals surface area (Å²) >= 11 is 0. The molecule has 0 aliphatic rings. The second-order valence-corrected chi connectivity index (χ2v) is 10.2. The van der Waals surface area contributed by atoms with E-state index in [1.165, 1.54) is 21.5 Å². The average molecular weight is 469 g/mol. The smallest absolute Gasteiger partial charge is 0.143 e. The first kappa shape index (κ1) is 20.2. The summed E-state index contributed by atoms with van der Waals surface area (Å²) in [5.74, 6) is 0. The maximum atomic E-state index is 13.0. The van der Waals surface area contributed by atoms with Crippen LogP contribution in [-0.2, 0) is 10.8 Å². The molecule has 6 aromatic carbocycles. The number of benzene rings is 6. The molecule has 2 nitrogen and oxygen atoms in total. The van der Waals surface area contributed by atoms with Gasteiger partial charge in [0, 0.05) is 26.1 Å². The van der Waals surface area contributed by atoms with Crippen LogP contribution in [0.5, 0.6) is 0 Å². The molecule has 0 amide bonds. The molecule has 0 aliphatic carbocycles. The molecule has 35 heavy (non-hydrogen) atoms. The first-order valence-electron chi connectivity index (χ1n) is 11.6. The maximum Gasteiger partial charge on any atom is 0.143 e. The Balaban J connectivity index is 1.48. The lowest BCUT2D eigenvalue weighted by atomic mass is 9.95. The van der Waals surface area contributed by atoms with Crippen LogP contribution >= 0.6 is 0 Å². The molecule has 7 aromatic rings. The van der Waals surface area contributed by atoms with Crippen LogP contribution in [0.2, 0.25) is 0 Å². The molecule has 3 heteroatoms. The van der Waals surface area contributed by atoms with E-state index in [9.17, 15) is 4.21 Å². The van der Waals surface area contributed by atoms with Gasteiger partial charge in [-0.3, -0.25) is 0 Å². The Morgan fingerprint density at radius 1 is 0.543 bits per heavy atom. The molecule has 166 valence electrons. The molecule has 1 heterocycles. The van der Waals surface area contributed by atoms with Gasteiger partial charge >= 0.3 is 0 Å². The van der Waals surface area contributed by atoms with Gasteiger partial charge in [-0.15, -0.1) is 0 Å². The van der Waals surface area contributed by atoms with E-state index >= 15 is 0 Å². The molecule has 0 aliphatic heterocycles. The van der Waals surface area contributed by atoms with Gasteiger partial charge in [0.05, 0.1) is 10.8 Å². The van der Waals surface area contributed by atoms with Crippen molar-refractivity contribution in [3.63, 3.8) is 0 Å². The third-order valence-corrected chi connectivity index (χ3v) is 8.09. The molecule has 0 fully saturated rings. The van der Waals surface area contributed by atoms with Crippen LogP contribution in [0.1, 0.15) is 0 Å². The molecular weight excluding hydrogens is 448 g/mol. The minimum absolute atomic E-state index is 0.785. The fraction of sp³-hybridized carbons (Fsp3) is 0. The predicted molar refractivity (Wildman–Crippen MR) is 145 cm³/mol. The van der Waals surface area contributed by atoms with Crippen LogP contribution in [0.15, 0.2) is 136 Å². The standard InChI is InChI=1S/C32H20O2S/c33-35(24-10-2-1-3-11-24)25-17-14-22(15-18-25)28-20-23-9-5-7-13-27(23)31-30-26-12-6-4-8-21(26)16-19-29(30)34-32(28)31/h1-20H. The molecule has 0 radical (unpaired) electrons. The summed E-state index contributed by atoms with van der Waals surface area (Å²) in [7, 11) is -1.21. The molecule has 1 aromatic heterocycles. The molecule has 7 rings (SSSR count). The van der Waals surface area contributed by atoms with Gasteiger partial charge in [0.1, 0.15) is 11.2 Å².